The Morgan fingerprint density at radius 1 is 1.50 bits per heavy atom. The van der Waals surface area contributed by atoms with Gasteiger partial charge in [0.15, 0.2) is 0 Å². The number of rotatable bonds is 5. The zero-order chi connectivity index (χ0) is 11.9. The van der Waals surface area contributed by atoms with Crippen molar-refractivity contribution in [2.24, 2.45) is 0 Å². The monoisotopic (exact) mass is 230 g/mol. The fraction of sp³-hybridized carbons (Fsp3) is 0.909. The molecule has 0 aliphatic carbocycles. The number of piperidine rings is 1. The van der Waals surface area contributed by atoms with E-state index < -0.39 is 11.7 Å². The molecule has 1 saturated heterocycles. The molecule has 1 heterocycles. The van der Waals surface area contributed by atoms with Crippen molar-refractivity contribution >= 4 is 6.09 Å². The van der Waals surface area contributed by atoms with Crippen LogP contribution in [0, 0.1) is 0 Å². The van der Waals surface area contributed by atoms with E-state index in [0.29, 0.717) is 19.4 Å². The Kier molecular flexibility index (Phi) is 5.55. The maximum absolute atomic E-state index is 11.2. The highest BCUT2D eigenvalue weighted by atomic mass is 16.5. The van der Waals surface area contributed by atoms with Gasteiger partial charge in [0, 0.05) is 6.54 Å². The molecule has 0 aromatic carbocycles. The van der Waals surface area contributed by atoms with E-state index in [1.165, 1.54) is 0 Å². The summed E-state index contributed by atoms with van der Waals surface area (Å²) in [7, 11) is 0. The van der Waals surface area contributed by atoms with E-state index in [0.717, 1.165) is 25.9 Å². The van der Waals surface area contributed by atoms with Crippen molar-refractivity contribution < 1.29 is 14.6 Å². The normalized spacial score (nSPS) is 19.1. The van der Waals surface area contributed by atoms with Gasteiger partial charge >= 0.3 is 6.09 Å². The number of carbonyl (C=O) groups is 1. The molecule has 0 aromatic heterocycles. The number of ether oxygens (including phenoxy) is 1. The van der Waals surface area contributed by atoms with Crippen molar-refractivity contribution in [3.8, 4) is 0 Å². The largest absolute Gasteiger partial charge is 0.450 e. The van der Waals surface area contributed by atoms with Crippen LogP contribution in [0.15, 0.2) is 0 Å². The van der Waals surface area contributed by atoms with Gasteiger partial charge in [-0.05, 0) is 32.4 Å². The third-order valence-electron chi connectivity index (χ3n) is 2.83. The topological polar surface area (TPSA) is 70.6 Å². The Labute approximate surface area is 96.6 Å². The summed E-state index contributed by atoms with van der Waals surface area (Å²) < 4.78 is 4.94. The lowest BCUT2D eigenvalue weighted by Gasteiger charge is -2.32. The van der Waals surface area contributed by atoms with Crippen molar-refractivity contribution in [2.45, 2.75) is 38.2 Å². The first kappa shape index (κ1) is 13.3. The maximum atomic E-state index is 11.2. The predicted octanol–water partition coefficient (Wildman–Crippen LogP) is 0.627. The van der Waals surface area contributed by atoms with E-state index in [-0.39, 0.29) is 6.54 Å². The lowest BCUT2D eigenvalue weighted by atomic mass is 9.92. The van der Waals surface area contributed by atoms with Crippen molar-refractivity contribution in [1.29, 1.82) is 0 Å². The van der Waals surface area contributed by atoms with E-state index in [2.05, 4.69) is 10.6 Å². The summed E-state index contributed by atoms with van der Waals surface area (Å²) in [4.78, 5) is 11.2. The standard InChI is InChI=1S/C11H22N2O3/c1-2-3-8-16-10(14)13-9-11(15)4-6-12-7-5-11/h12,15H,2-9H2,1H3,(H,13,14). The minimum atomic E-state index is -0.769. The van der Waals surface area contributed by atoms with Crippen molar-refractivity contribution in [3.05, 3.63) is 0 Å². The molecule has 16 heavy (non-hydrogen) atoms. The lowest BCUT2D eigenvalue weighted by Crippen LogP contribution is -2.49. The van der Waals surface area contributed by atoms with E-state index in [1.54, 1.807) is 0 Å². The first-order valence-corrected chi connectivity index (χ1v) is 6.00. The zero-order valence-corrected chi connectivity index (χ0v) is 9.92. The van der Waals surface area contributed by atoms with Crippen LogP contribution in [0.2, 0.25) is 0 Å². The summed E-state index contributed by atoms with van der Waals surface area (Å²) in [5.74, 6) is 0. The molecule has 5 nitrogen and oxygen atoms in total. The third-order valence-corrected chi connectivity index (χ3v) is 2.83. The number of nitrogens with one attached hydrogen (secondary N) is 2. The van der Waals surface area contributed by atoms with E-state index >= 15 is 0 Å². The highest BCUT2D eigenvalue weighted by molar-refractivity contribution is 5.67. The van der Waals surface area contributed by atoms with Crippen LogP contribution in [0.5, 0.6) is 0 Å². The minimum Gasteiger partial charge on any atom is -0.450 e. The molecule has 1 fully saturated rings. The molecule has 94 valence electrons. The predicted molar refractivity (Wildman–Crippen MR) is 61.3 cm³/mol. The van der Waals surface area contributed by atoms with Crippen LogP contribution >= 0.6 is 0 Å². The molecule has 1 aliphatic heterocycles. The SMILES string of the molecule is CCCCOC(=O)NCC1(O)CCNCC1. The maximum Gasteiger partial charge on any atom is 0.407 e. The molecule has 0 bridgehead atoms. The molecule has 0 spiro atoms. The Hall–Kier alpha value is -0.810. The van der Waals surface area contributed by atoms with Gasteiger partial charge in [0.05, 0.1) is 12.2 Å². The van der Waals surface area contributed by atoms with Gasteiger partial charge < -0.3 is 20.5 Å². The number of amides is 1. The van der Waals surface area contributed by atoms with Crippen LogP contribution < -0.4 is 10.6 Å². The minimum absolute atomic E-state index is 0.277. The van der Waals surface area contributed by atoms with Crippen molar-refractivity contribution in [1.82, 2.24) is 10.6 Å². The van der Waals surface area contributed by atoms with Gasteiger partial charge in [0.2, 0.25) is 0 Å². The second kappa shape index (κ2) is 6.70. The average molecular weight is 230 g/mol. The highest BCUT2D eigenvalue weighted by Crippen LogP contribution is 2.16. The van der Waals surface area contributed by atoms with Gasteiger partial charge in [-0.15, -0.1) is 0 Å². The van der Waals surface area contributed by atoms with Gasteiger partial charge in [-0.3, -0.25) is 0 Å². The van der Waals surface area contributed by atoms with E-state index in [9.17, 15) is 9.90 Å². The fourth-order valence-electron chi connectivity index (χ4n) is 1.67. The molecule has 0 saturated carbocycles. The molecule has 0 unspecified atom stereocenters. The summed E-state index contributed by atoms with van der Waals surface area (Å²) >= 11 is 0. The third kappa shape index (κ3) is 4.81. The van der Waals surface area contributed by atoms with Gasteiger partial charge in [-0.2, -0.15) is 0 Å². The second-order valence-electron chi connectivity index (χ2n) is 4.32. The lowest BCUT2D eigenvalue weighted by molar-refractivity contribution is 0.0104. The Morgan fingerprint density at radius 3 is 2.81 bits per heavy atom. The molecule has 1 amide bonds. The fourth-order valence-corrected chi connectivity index (χ4v) is 1.67. The van der Waals surface area contributed by atoms with Crippen molar-refractivity contribution in [2.75, 3.05) is 26.2 Å². The average Bonchev–Trinajstić information content (AvgIpc) is 2.28. The smallest absolute Gasteiger partial charge is 0.407 e. The van der Waals surface area contributed by atoms with Crippen LogP contribution in [-0.4, -0.2) is 43.0 Å². The molecule has 0 atom stereocenters. The molecular formula is C11H22N2O3. The number of carbonyl (C=O) groups excluding carboxylic acids is 1. The Bertz CT molecular complexity index is 215. The zero-order valence-electron chi connectivity index (χ0n) is 9.92. The van der Waals surface area contributed by atoms with Gasteiger partial charge in [-0.25, -0.2) is 4.79 Å². The Morgan fingerprint density at radius 2 is 2.19 bits per heavy atom. The Balaban J connectivity index is 2.14. The molecule has 1 rings (SSSR count). The van der Waals surface area contributed by atoms with Gasteiger partial charge in [0.1, 0.15) is 0 Å². The van der Waals surface area contributed by atoms with Crippen LogP contribution in [0.3, 0.4) is 0 Å². The van der Waals surface area contributed by atoms with Crippen LogP contribution in [0.1, 0.15) is 32.6 Å². The summed E-state index contributed by atoms with van der Waals surface area (Å²) in [6.45, 7) is 4.35. The summed E-state index contributed by atoms with van der Waals surface area (Å²) in [6, 6.07) is 0. The summed E-state index contributed by atoms with van der Waals surface area (Å²) in [5.41, 5.74) is -0.769. The molecule has 3 N–H and O–H groups in total. The second-order valence-corrected chi connectivity index (χ2v) is 4.32. The quantitative estimate of drug-likeness (QED) is 0.606. The number of hydrogen-bond donors (Lipinski definition) is 3. The number of hydrogen-bond acceptors (Lipinski definition) is 4. The van der Waals surface area contributed by atoms with Gasteiger partial charge in [0.25, 0.3) is 0 Å². The van der Waals surface area contributed by atoms with Crippen LogP contribution in [-0.2, 0) is 4.74 Å². The molecule has 0 radical (unpaired) electrons. The first-order valence-electron chi connectivity index (χ1n) is 6.00. The molecule has 0 aromatic rings. The molecule has 5 heteroatoms. The van der Waals surface area contributed by atoms with Crippen LogP contribution in [0.25, 0.3) is 0 Å². The summed E-state index contributed by atoms with van der Waals surface area (Å²) in [6.07, 6.45) is 2.79. The van der Waals surface area contributed by atoms with Crippen LogP contribution in [0.4, 0.5) is 4.79 Å². The first-order chi connectivity index (χ1) is 7.66. The number of aliphatic hydroxyl groups is 1. The van der Waals surface area contributed by atoms with E-state index in [4.69, 9.17) is 4.74 Å². The number of unbranched alkanes of at least 4 members (excludes halogenated alkanes) is 1. The van der Waals surface area contributed by atoms with Gasteiger partial charge in [-0.1, -0.05) is 13.3 Å². The molecular weight excluding hydrogens is 208 g/mol. The van der Waals surface area contributed by atoms with E-state index in [1.807, 2.05) is 6.92 Å². The number of alkyl carbamates (subject to hydrolysis) is 1. The summed E-state index contributed by atoms with van der Waals surface area (Å²) in [5, 5.41) is 15.9. The molecule has 1 aliphatic rings. The van der Waals surface area contributed by atoms with Crippen molar-refractivity contribution in [3.63, 3.8) is 0 Å². The highest BCUT2D eigenvalue weighted by Gasteiger charge is 2.29.